The molecule has 0 saturated heterocycles. The smallest absolute Gasteiger partial charge is 0.273 e. The van der Waals surface area contributed by atoms with E-state index in [1.807, 2.05) is 0 Å². The van der Waals surface area contributed by atoms with Gasteiger partial charge >= 0.3 is 0 Å². The number of hydrogen-bond donors (Lipinski definition) is 2. The van der Waals surface area contributed by atoms with Crippen LogP contribution in [-0.2, 0) is 4.79 Å². The van der Waals surface area contributed by atoms with E-state index in [-0.39, 0.29) is 18.1 Å². The van der Waals surface area contributed by atoms with Gasteiger partial charge in [0.25, 0.3) is 5.91 Å². The summed E-state index contributed by atoms with van der Waals surface area (Å²) >= 11 is 11.9. The van der Waals surface area contributed by atoms with E-state index in [4.69, 9.17) is 27.7 Å². The second-order valence-corrected chi connectivity index (χ2v) is 6.57. The highest BCUT2D eigenvalue weighted by Crippen LogP contribution is 2.23. The Balaban J connectivity index is 1.58. The van der Waals surface area contributed by atoms with Crippen LogP contribution < -0.4 is 10.6 Å². The van der Waals surface area contributed by atoms with Crippen molar-refractivity contribution in [3.05, 3.63) is 69.8 Å². The van der Waals surface area contributed by atoms with E-state index >= 15 is 0 Å². The molecule has 0 spiro atoms. The molecule has 0 fully saturated rings. The molecule has 3 aromatic rings. The molecule has 1 aromatic heterocycles. The van der Waals surface area contributed by atoms with Crippen LogP contribution in [0.15, 0.2) is 53.1 Å². The maximum Gasteiger partial charge on any atom is 0.273 e. The first-order chi connectivity index (χ1) is 12.9. The average molecular weight is 404 g/mol. The highest BCUT2D eigenvalue weighted by atomic mass is 35.5. The van der Waals surface area contributed by atoms with Crippen molar-refractivity contribution in [2.45, 2.75) is 6.92 Å². The van der Waals surface area contributed by atoms with Gasteiger partial charge in [0.05, 0.1) is 6.54 Å². The largest absolute Gasteiger partial charge is 0.355 e. The molecule has 2 amide bonds. The van der Waals surface area contributed by atoms with Gasteiger partial charge in [-0.05, 0) is 48.9 Å². The Morgan fingerprint density at radius 3 is 2.59 bits per heavy atom. The van der Waals surface area contributed by atoms with Gasteiger partial charge in [0.15, 0.2) is 11.5 Å². The Hall–Kier alpha value is -2.83. The number of nitrogens with zero attached hydrogens (tertiary/aromatic N) is 1. The molecular formula is C19H15Cl2N3O3. The van der Waals surface area contributed by atoms with Crippen molar-refractivity contribution < 1.29 is 14.1 Å². The van der Waals surface area contributed by atoms with Crippen LogP contribution in [0, 0.1) is 6.92 Å². The van der Waals surface area contributed by atoms with Crippen molar-refractivity contribution in [3.8, 4) is 11.3 Å². The zero-order valence-electron chi connectivity index (χ0n) is 14.3. The lowest BCUT2D eigenvalue weighted by molar-refractivity contribution is -0.115. The van der Waals surface area contributed by atoms with Gasteiger partial charge in [0.1, 0.15) is 0 Å². The lowest BCUT2D eigenvalue weighted by atomic mass is 10.1. The Morgan fingerprint density at radius 2 is 1.85 bits per heavy atom. The first-order valence-electron chi connectivity index (χ1n) is 8.00. The minimum atomic E-state index is -0.517. The predicted octanol–water partition coefficient (Wildman–Crippen LogP) is 4.33. The third-order valence-corrected chi connectivity index (χ3v) is 4.48. The van der Waals surface area contributed by atoms with Gasteiger partial charge in [0.2, 0.25) is 5.91 Å². The van der Waals surface area contributed by atoms with Gasteiger partial charge in [-0.1, -0.05) is 34.4 Å². The summed E-state index contributed by atoms with van der Waals surface area (Å²) < 4.78 is 5.17. The Bertz CT molecular complexity index is 984. The zero-order valence-corrected chi connectivity index (χ0v) is 15.8. The second kappa shape index (κ2) is 8.24. The van der Waals surface area contributed by atoms with Crippen molar-refractivity contribution in [1.82, 2.24) is 10.5 Å². The van der Waals surface area contributed by atoms with Gasteiger partial charge in [-0.2, -0.15) is 0 Å². The van der Waals surface area contributed by atoms with E-state index in [9.17, 15) is 9.59 Å². The van der Waals surface area contributed by atoms with E-state index in [0.29, 0.717) is 21.5 Å². The average Bonchev–Trinajstić information content (AvgIpc) is 3.14. The van der Waals surface area contributed by atoms with E-state index in [2.05, 4.69) is 15.8 Å². The fraction of sp³-hybridized carbons (Fsp3) is 0.105. The van der Waals surface area contributed by atoms with Crippen LogP contribution in [0.1, 0.15) is 16.1 Å². The Morgan fingerprint density at radius 1 is 1.11 bits per heavy atom. The van der Waals surface area contributed by atoms with Crippen LogP contribution in [0.3, 0.4) is 0 Å². The van der Waals surface area contributed by atoms with Crippen LogP contribution in [0.5, 0.6) is 0 Å². The van der Waals surface area contributed by atoms with E-state index in [1.165, 1.54) is 6.07 Å². The lowest BCUT2D eigenvalue weighted by Gasteiger charge is -2.09. The van der Waals surface area contributed by atoms with Crippen molar-refractivity contribution in [2.24, 2.45) is 0 Å². The molecule has 0 aliphatic rings. The van der Waals surface area contributed by atoms with Crippen LogP contribution in [-0.4, -0.2) is 23.5 Å². The number of rotatable bonds is 5. The molecule has 0 unspecified atom stereocenters. The summed E-state index contributed by atoms with van der Waals surface area (Å²) in [4.78, 5) is 24.2. The van der Waals surface area contributed by atoms with E-state index in [0.717, 1.165) is 11.1 Å². The molecule has 0 aliphatic carbocycles. The molecule has 6 nitrogen and oxygen atoms in total. The molecular weight excluding hydrogens is 389 g/mol. The maximum absolute atomic E-state index is 12.2. The number of aromatic nitrogens is 1. The van der Waals surface area contributed by atoms with Gasteiger partial charge < -0.3 is 15.2 Å². The molecule has 0 bridgehead atoms. The van der Waals surface area contributed by atoms with Crippen molar-refractivity contribution >= 4 is 40.7 Å². The number of anilines is 1. The summed E-state index contributed by atoms with van der Waals surface area (Å²) in [6.07, 6.45) is 0. The predicted molar refractivity (Wildman–Crippen MR) is 104 cm³/mol. The monoisotopic (exact) mass is 403 g/mol. The molecule has 8 heteroatoms. The van der Waals surface area contributed by atoms with Crippen molar-refractivity contribution in [3.63, 3.8) is 0 Å². The minimum absolute atomic E-state index is 0.0756. The summed E-state index contributed by atoms with van der Waals surface area (Å²) in [5.74, 6) is -0.470. The van der Waals surface area contributed by atoms with Gasteiger partial charge in [0, 0.05) is 27.4 Å². The maximum atomic E-state index is 12.2. The SMILES string of the molecule is Cc1c(Cl)cccc1NC(=O)CNC(=O)c1cc(-c2ccc(Cl)cc2)on1. The van der Waals surface area contributed by atoms with Gasteiger partial charge in [-0.15, -0.1) is 0 Å². The molecule has 1 heterocycles. The third kappa shape index (κ3) is 4.67. The van der Waals surface area contributed by atoms with Crippen LogP contribution in [0.2, 0.25) is 10.0 Å². The third-order valence-electron chi connectivity index (χ3n) is 3.82. The van der Waals surface area contributed by atoms with E-state index < -0.39 is 5.91 Å². The van der Waals surface area contributed by atoms with Crippen LogP contribution >= 0.6 is 23.2 Å². The molecule has 2 N–H and O–H groups in total. The standard InChI is InChI=1S/C19H15Cl2N3O3/c1-11-14(21)3-2-4-15(11)23-18(25)10-22-19(26)16-9-17(27-24-16)12-5-7-13(20)8-6-12/h2-9H,10H2,1H3,(H,22,26)(H,23,25). The molecule has 0 saturated carbocycles. The zero-order chi connectivity index (χ0) is 19.4. The number of carbonyl (C=O) groups is 2. The first kappa shape index (κ1) is 18.9. The summed E-state index contributed by atoms with van der Waals surface area (Å²) in [7, 11) is 0. The summed E-state index contributed by atoms with van der Waals surface area (Å²) in [6.45, 7) is 1.58. The quantitative estimate of drug-likeness (QED) is 0.663. The van der Waals surface area contributed by atoms with Crippen molar-refractivity contribution in [1.29, 1.82) is 0 Å². The normalized spacial score (nSPS) is 10.5. The molecule has 27 heavy (non-hydrogen) atoms. The number of halogens is 2. The highest BCUT2D eigenvalue weighted by molar-refractivity contribution is 6.31. The van der Waals surface area contributed by atoms with Crippen molar-refractivity contribution in [2.75, 3.05) is 11.9 Å². The molecule has 0 radical (unpaired) electrons. The second-order valence-electron chi connectivity index (χ2n) is 5.73. The summed E-state index contributed by atoms with van der Waals surface area (Å²) in [6, 6.07) is 13.6. The van der Waals surface area contributed by atoms with Crippen LogP contribution in [0.4, 0.5) is 5.69 Å². The summed E-state index contributed by atoms with van der Waals surface area (Å²) in [5.41, 5.74) is 2.16. The summed E-state index contributed by atoms with van der Waals surface area (Å²) in [5, 5.41) is 10.1. The van der Waals surface area contributed by atoms with E-state index in [1.54, 1.807) is 49.4 Å². The number of nitrogens with one attached hydrogen (secondary N) is 2. The number of amides is 2. The Labute approximate surface area is 165 Å². The fourth-order valence-electron chi connectivity index (χ4n) is 2.32. The fourth-order valence-corrected chi connectivity index (χ4v) is 2.62. The molecule has 0 atom stereocenters. The highest BCUT2D eigenvalue weighted by Gasteiger charge is 2.15. The molecule has 3 rings (SSSR count). The van der Waals surface area contributed by atoms with Gasteiger partial charge in [-0.25, -0.2) is 0 Å². The van der Waals surface area contributed by atoms with Gasteiger partial charge in [-0.3, -0.25) is 9.59 Å². The van der Waals surface area contributed by atoms with Crippen LogP contribution in [0.25, 0.3) is 11.3 Å². The number of benzene rings is 2. The Kier molecular flexibility index (Phi) is 5.78. The lowest BCUT2D eigenvalue weighted by Crippen LogP contribution is -2.33. The topological polar surface area (TPSA) is 84.2 Å². The number of hydrogen-bond acceptors (Lipinski definition) is 4. The first-order valence-corrected chi connectivity index (χ1v) is 8.75. The minimum Gasteiger partial charge on any atom is -0.355 e. The molecule has 0 aliphatic heterocycles. The number of carbonyl (C=O) groups excluding carboxylic acids is 2. The molecule has 138 valence electrons. The molecule has 2 aromatic carbocycles.